The molecule has 0 saturated heterocycles. The zero-order valence-corrected chi connectivity index (χ0v) is 9.31. The van der Waals surface area contributed by atoms with Crippen molar-refractivity contribution in [1.82, 2.24) is 0 Å². The summed E-state index contributed by atoms with van der Waals surface area (Å²) < 4.78 is 37.9. The Morgan fingerprint density at radius 2 is 2.05 bits per heavy atom. The van der Waals surface area contributed by atoms with Crippen molar-refractivity contribution < 1.29 is 18.3 Å². The highest BCUT2D eigenvalue weighted by atomic mass is 19.4. The molecule has 1 atom stereocenters. The van der Waals surface area contributed by atoms with Crippen molar-refractivity contribution in [3.63, 3.8) is 0 Å². The Bertz CT molecular complexity index is 593. The zero-order valence-electron chi connectivity index (χ0n) is 9.31. The SMILES string of the molecule is N=C1N=NC(C(F)(F)F)C1=Nc1ccc(O)cc1N. The van der Waals surface area contributed by atoms with Crippen LogP contribution in [-0.2, 0) is 0 Å². The number of aromatic hydroxyl groups is 1. The lowest BCUT2D eigenvalue weighted by molar-refractivity contribution is -0.131. The van der Waals surface area contributed by atoms with Crippen molar-refractivity contribution in [2.45, 2.75) is 12.2 Å². The molecule has 0 fully saturated rings. The first-order valence-electron chi connectivity index (χ1n) is 5.02. The maximum atomic E-state index is 12.6. The van der Waals surface area contributed by atoms with Crippen LogP contribution in [0, 0.1) is 5.41 Å². The van der Waals surface area contributed by atoms with Crippen molar-refractivity contribution in [3.05, 3.63) is 18.2 Å². The van der Waals surface area contributed by atoms with Gasteiger partial charge in [-0.05, 0) is 12.1 Å². The third-order valence-electron chi connectivity index (χ3n) is 2.34. The fraction of sp³-hybridized carbons (Fsp3) is 0.200. The van der Waals surface area contributed by atoms with Gasteiger partial charge in [-0.25, -0.2) is 4.99 Å². The molecule has 2 rings (SSSR count). The number of nitrogens with one attached hydrogen (secondary N) is 1. The van der Waals surface area contributed by atoms with Gasteiger partial charge in [-0.15, -0.1) is 5.11 Å². The van der Waals surface area contributed by atoms with Gasteiger partial charge < -0.3 is 10.8 Å². The van der Waals surface area contributed by atoms with Crippen LogP contribution in [0.1, 0.15) is 0 Å². The highest BCUT2D eigenvalue weighted by Gasteiger charge is 2.48. The molecule has 1 aromatic rings. The Labute approximate surface area is 105 Å². The third kappa shape index (κ3) is 2.54. The van der Waals surface area contributed by atoms with Crippen LogP contribution in [0.4, 0.5) is 24.5 Å². The standard InChI is InChI=1S/C10H8F3N5O/c11-10(12,13)8-7(9(15)18-17-8)16-6-2-1-4(19)3-5(6)14/h1-3,8,15,19H,14H2. The number of alkyl halides is 3. The predicted octanol–water partition coefficient (Wildman–Crippen LogP) is 2.42. The zero-order chi connectivity index (χ0) is 14.2. The number of hydrogen-bond acceptors (Lipinski definition) is 5. The first-order chi connectivity index (χ1) is 8.79. The van der Waals surface area contributed by atoms with E-state index in [0.29, 0.717) is 0 Å². The highest BCUT2D eigenvalue weighted by molar-refractivity contribution is 6.44. The summed E-state index contributed by atoms with van der Waals surface area (Å²) in [6.07, 6.45) is -4.67. The molecule has 0 aliphatic carbocycles. The second-order valence-corrected chi connectivity index (χ2v) is 3.75. The topological polar surface area (TPSA) is 107 Å². The van der Waals surface area contributed by atoms with Gasteiger partial charge in [0.05, 0.1) is 11.4 Å². The minimum atomic E-state index is -4.67. The predicted molar refractivity (Wildman–Crippen MR) is 62.0 cm³/mol. The van der Waals surface area contributed by atoms with Crippen LogP contribution >= 0.6 is 0 Å². The number of halogens is 3. The van der Waals surface area contributed by atoms with Crippen molar-refractivity contribution in [3.8, 4) is 5.75 Å². The van der Waals surface area contributed by atoms with Crippen LogP contribution in [-0.4, -0.2) is 28.9 Å². The second-order valence-electron chi connectivity index (χ2n) is 3.75. The molecule has 1 aliphatic rings. The van der Waals surface area contributed by atoms with Crippen LogP contribution in [0.25, 0.3) is 0 Å². The number of nitrogens with zero attached hydrogens (tertiary/aromatic N) is 3. The average Bonchev–Trinajstić information content (AvgIpc) is 2.64. The van der Waals surface area contributed by atoms with Gasteiger partial charge in [-0.3, -0.25) is 5.41 Å². The summed E-state index contributed by atoms with van der Waals surface area (Å²) in [6.45, 7) is 0. The van der Waals surface area contributed by atoms with Gasteiger partial charge in [0, 0.05) is 6.07 Å². The van der Waals surface area contributed by atoms with E-state index in [1.165, 1.54) is 12.1 Å². The summed E-state index contributed by atoms with van der Waals surface area (Å²) in [7, 11) is 0. The molecule has 0 bridgehead atoms. The molecule has 0 amide bonds. The lowest BCUT2D eigenvalue weighted by Crippen LogP contribution is -2.34. The lowest BCUT2D eigenvalue weighted by atomic mass is 10.1. The summed E-state index contributed by atoms with van der Waals surface area (Å²) in [6, 6.07) is 1.37. The molecule has 6 nitrogen and oxygen atoms in total. The Morgan fingerprint density at radius 1 is 1.37 bits per heavy atom. The number of benzene rings is 1. The van der Waals surface area contributed by atoms with Gasteiger partial charge in [0.1, 0.15) is 11.5 Å². The van der Waals surface area contributed by atoms with Crippen molar-refractivity contribution in [1.29, 1.82) is 5.41 Å². The van der Waals surface area contributed by atoms with Gasteiger partial charge >= 0.3 is 6.18 Å². The van der Waals surface area contributed by atoms with E-state index in [2.05, 4.69) is 15.2 Å². The largest absolute Gasteiger partial charge is 0.508 e. The van der Waals surface area contributed by atoms with Gasteiger partial charge in [0.25, 0.3) is 0 Å². The Morgan fingerprint density at radius 3 is 2.63 bits per heavy atom. The summed E-state index contributed by atoms with van der Waals surface area (Å²) >= 11 is 0. The molecule has 100 valence electrons. The molecule has 19 heavy (non-hydrogen) atoms. The van der Waals surface area contributed by atoms with Crippen LogP contribution in [0.15, 0.2) is 33.4 Å². The third-order valence-corrected chi connectivity index (χ3v) is 2.34. The molecule has 0 spiro atoms. The maximum Gasteiger partial charge on any atom is 0.418 e. The number of hydrogen-bond donors (Lipinski definition) is 3. The fourth-order valence-corrected chi connectivity index (χ4v) is 1.46. The van der Waals surface area contributed by atoms with Crippen molar-refractivity contribution in [2.24, 2.45) is 15.2 Å². The molecule has 0 saturated carbocycles. The Kier molecular flexibility index (Phi) is 2.97. The van der Waals surface area contributed by atoms with Crippen LogP contribution in [0.5, 0.6) is 5.75 Å². The molecule has 9 heteroatoms. The summed E-state index contributed by atoms with van der Waals surface area (Å²) in [5.41, 5.74) is 4.91. The van der Waals surface area contributed by atoms with Gasteiger partial charge in [-0.1, -0.05) is 0 Å². The van der Waals surface area contributed by atoms with Gasteiger partial charge in [0.15, 0.2) is 5.84 Å². The lowest BCUT2D eigenvalue weighted by Gasteiger charge is -2.11. The molecule has 0 radical (unpaired) electrons. The van der Waals surface area contributed by atoms with Crippen LogP contribution in [0.3, 0.4) is 0 Å². The molecule has 1 heterocycles. The maximum absolute atomic E-state index is 12.6. The number of phenols is 1. The van der Waals surface area contributed by atoms with E-state index < -0.39 is 23.8 Å². The average molecular weight is 271 g/mol. The second kappa shape index (κ2) is 4.34. The number of aliphatic imine (C=N–C) groups is 1. The number of rotatable bonds is 1. The first kappa shape index (κ1) is 13.0. The van der Waals surface area contributed by atoms with Crippen molar-refractivity contribution >= 4 is 22.9 Å². The Hall–Kier alpha value is -2.45. The number of amidine groups is 1. The fourth-order valence-electron chi connectivity index (χ4n) is 1.46. The molecular weight excluding hydrogens is 263 g/mol. The molecule has 1 aliphatic heterocycles. The first-order valence-corrected chi connectivity index (χ1v) is 5.02. The van der Waals surface area contributed by atoms with Gasteiger partial charge in [-0.2, -0.15) is 18.3 Å². The number of nitrogens with two attached hydrogens (primary N) is 1. The number of azo groups is 1. The summed E-state index contributed by atoms with van der Waals surface area (Å²) in [4.78, 5) is 3.68. The minimum absolute atomic E-state index is 0.00637. The van der Waals surface area contributed by atoms with Crippen molar-refractivity contribution in [2.75, 3.05) is 5.73 Å². The molecule has 0 aromatic heterocycles. The van der Waals surface area contributed by atoms with E-state index in [-0.39, 0.29) is 17.1 Å². The van der Waals surface area contributed by atoms with E-state index in [1.54, 1.807) is 0 Å². The normalized spacial score (nSPS) is 21.3. The monoisotopic (exact) mass is 271 g/mol. The highest BCUT2D eigenvalue weighted by Crippen LogP contribution is 2.32. The van der Waals surface area contributed by atoms with E-state index in [4.69, 9.17) is 16.2 Å². The number of phenolic OH excluding ortho intramolecular Hbond substituents is 1. The summed E-state index contributed by atoms with van der Waals surface area (Å²) in [5.74, 6) is -0.792. The van der Waals surface area contributed by atoms with E-state index in [1.807, 2.05) is 0 Å². The number of nitrogen functional groups attached to an aromatic ring is 1. The van der Waals surface area contributed by atoms with E-state index in [0.717, 1.165) is 6.07 Å². The number of anilines is 1. The van der Waals surface area contributed by atoms with Crippen LogP contribution < -0.4 is 5.73 Å². The van der Waals surface area contributed by atoms with E-state index >= 15 is 0 Å². The quantitative estimate of drug-likeness (QED) is 0.682. The molecule has 1 unspecified atom stereocenters. The molecule has 1 aromatic carbocycles. The van der Waals surface area contributed by atoms with Gasteiger partial charge in [0.2, 0.25) is 6.04 Å². The van der Waals surface area contributed by atoms with E-state index in [9.17, 15) is 13.2 Å². The smallest absolute Gasteiger partial charge is 0.418 e. The minimum Gasteiger partial charge on any atom is -0.508 e. The Balaban J connectivity index is 2.44. The van der Waals surface area contributed by atoms with Crippen LogP contribution in [0.2, 0.25) is 0 Å². The molecular formula is C10H8F3N5O. The summed E-state index contributed by atoms with van der Waals surface area (Å²) in [5, 5.41) is 22.5. The molecule has 4 N–H and O–H groups in total.